The SMILES string of the molecule is N=C(N)c1ccc(CNC(=O)CNC(=O)[C@]2(c3cccc(C(=N)N)c3)CCC(=O)N2)cc1. The highest BCUT2D eigenvalue weighted by atomic mass is 16.2. The van der Waals surface area contributed by atoms with Crippen molar-refractivity contribution < 1.29 is 14.4 Å². The molecule has 32 heavy (non-hydrogen) atoms. The molecule has 10 nitrogen and oxygen atoms in total. The maximum atomic E-state index is 13.1. The zero-order chi connectivity index (χ0) is 23.3. The molecule has 1 aliphatic rings. The standard InChI is InChI=1S/C22H25N7O3/c23-19(24)14-6-4-13(5-7-14)11-27-18(31)12-28-21(32)22(9-8-17(30)29-22)16-3-1-2-15(10-16)20(25)26/h1-7,10H,8-9,11-12H2,(H3,23,24)(H3,25,26)(H,27,31)(H,28,32)(H,29,30)/t22-/m1/s1. The highest BCUT2D eigenvalue weighted by Gasteiger charge is 2.46. The number of rotatable bonds is 8. The van der Waals surface area contributed by atoms with E-state index in [2.05, 4.69) is 16.0 Å². The second-order valence-corrected chi connectivity index (χ2v) is 7.52. The predicted molar refractivity (Wildman–Crippen MR) is 119 cm³/mol. The first-order chi connectivity index (χ1) is 15.2. The van der Waals surface area contributed by atoms with Crippen molar-refractivity contribution in [2.75, 3.05) is 6.54 Å². The van der Waals surface area contributed by atoms with Gasteiger partial charge >= 0.3 is 0 Å². The zero-order valence-electron chi connectivity index (χ0n) is 17.3. The Hall–Kier alpha value is -4.21. The van der Waals surface area contributed by atoms with Crippen LogP contribution < -0.4 is 27.4 Å². The lowest BCUT2D eigenvalue weighted by atomic mass is 9.86. The molecule has 0 aliphatic carbocycles. The van der Waals surface area contributed by atoms with Crippen LogP contribution in [0, 0.1) is 10.8 Å². The maximum absolute atomic E-state index is 13.1. The largest absolute Gasteiger partial charge is 0.384 e. The number of amides is 3. The molecule has 166 valence electrons. The minimum Gasteiger partial charge on any atom is -0.384 e. The van der Waals surface area contributed by atoms with Crippen molar-refractivity contribution >= 4 is 29.4 Å². The lowest BCUT2D eigenvalue weighted by Crippen LogP contribution is -2.53. The van der Waals surface area contributed by atoms with E-state index in [-0.39, 0.29) is 43.5 Å². The molecule has 1 fully saturated rings. The van der Waals surface area contributed by atoms with Crippen LogP contribution >= 0.6 is 0 Å². The van der Waals surface area contributed by atoms with Crippen molar-refractivity contribution in [3.8, 4) is 0 Å². The van der Waals surface area contributed by atoms with Crippen LogP contribution in [0.2, 0.25) is 0 Å². The summed E-state index contributed by atoms with van der Waals surface area (Å²) in [6.45, 7) is -0.0240. The van der Waals surface area contributed by atoms with Crippen molar-refractivity contribution in [3.05, 3.63) is 70.8 Å². The average Bonchev–Trinajstić information content (AvgIpc) is 3.19. The molecule has 0 radical (unpaired) electrons. The minimum atomic E-state index is -1.33. The molecule has 0 saturated carbocycles. The number of nitrogen functional groups attached to an aromatic ring is 2. The van der Waals surface area contributed by atoms with E-state index in [1.807, 2.05) is 0 Å². The fourth-order valence-electron chi connectivity index (χ4n) is 3.51. The number of hydrogen-bond acceptors (Lipinski definition) is 5. The summed E-state index contributed by atoms with van der Waals surface area (Å²) in [5.41, 5.74) is 12.0. The first kappa shape index (κ1) is 22.5. The third-order valence-corrected chi connectivity index (χ3v) is 5.30. The Morgan fingerprint density at radius 2 is 1.69 bits per heavy atom. The molecule has 3 rings (SSSR count). The van der Waals surface area contributed by atoms with Gasteiger partial charge in [0.15, 0.2) is 0 Å². The molecule has 2 aromatic rings. The van der Waals surface area contributed by atoms with Gasteiger partial charge in [-0.1, -0.05) is 42.5 Å². The Labute approximate surface area is 184 Å². The molecular weight excluding hydrogens is 410 g/mol. The van der Waals surface area contributed by atoms with E-state index in [1.165, 1.54) is 0 Å². The summed E-state index contributed by atoms with van der Waals surface area (Å²) in [6.07, 6.45) is 0.392. The van der Waals surface area contributed by atoms with Gasteiger partial charge in [-0.05, 0) is 23.6 Å². The zero-order valence-corrected chi connectivity index (χ0v) is 17.3. The smallest absolute Gasteiger partial charge is 0.250 e. The monoisotopic (exact) mass is 435 g/mol. The molecule has 1 heterocycles. The Bertz CT molecular complexity index is 1080. The number of benzene rings is 2. The van der Waals surface area contributed by atoms with Crippen molar-refractivity contribution in [3.63, 3.8) is 0 Å². The maximum Gasteiger partial charge on any atom is 0.250 e. The first-order valence-electron chi connectivity index (χ1n) is 9.95. The van der Waals surface area contributed by atoms with Crippen LogP contribution in [0.25, 0.3) is 0 Å². The summed E-state index contributed by atoms with van der Waals surface area (Å²) in [4.78, 5) is 37.3. The normalized spacial score (nSPS) is 17.3. The summed E-state index contributed by atoms with van der Waals surface area (Å²) < 4.78 is 0. The lowest BCUT2D eigenvalue weighted by Gasteiger charge is -2.28. The predicted octanol–water partition coefficient (Wildman–Crippen LogP) is -0.207. The van der Waals surface area contributed by atoms with Gasteiger partial charge in [-0.25, -0.2) is 0 Å². The number of nitrogens with one attached hydrogen (secondary N) is 5. The van der Waals surface area contributed by atoms with Crippen LogP contribution in [0.3, 0.4) is 0 Å². The van der Waals surface area contributed by atoms with Gasteiger partial charge in [0.05, 0.1) is 6.54 Å². The summed E-state index contributed by atoms with van der Waals surface area (Å²) in [5, 5.41) is 23.0. The van der Waals surface area contributed by atoms with E-state index in [1.54, 1.807) is 48.5 Å². The molecule has 2 aromatic carbocycles. The van der Waals surface area contributed by atoms with Gasteiger partial charge < -0.3 is 27.4 Å². The van der Waals surface area contributed by atoms with E-state index < -0.39 is 17.4 Å². The molecule has 1 aliphatic heterocycles. The van der Waals surface area contributed by atoms with Gasteiger partial charge in [-0.3, -0.25) is 25.2 Å². The molecule has 1 saturated heterocycles. The topological polar surface area (TPSA) is 187 Å². The van der Waals surface area contributed by atoms with E-state index in [9.17, 15) is 14.4 Å². The minimum absolute atomic E-state index is 0.0370. The van der Waals surface area contributed by atoms with Crippen LogP contribution in [0.4, 0.5) is 0 Å². The first-order valence-corrected chi connectivity index (χ1v) is 9.95. The van der Waals surface area contributed by atoms with Crippen LogP contribution in [0.1, 0.15) is 35.1 Å². The molecule has 9 N–H and O–H groups in total. The molecule has 0 spiro atoms. The fraction of sp³-hybridized carbons (Fsp3) is 0.227. The van der Waals surface area contributed by atoms with Crippen LogP contribution in [-0.4, -0.2) is 35.9 Å². The van der Waals surface area contributed by atoms with Gasteiger partial charge in [0.25, 0.3) is 5.91 Å². The summed E-state index contributed by atoms with van der Waals surface area (Å²) in [6, 6.07) is 13.5. The summed E-state index contributed by atoms with van der Waals surface area (Å²) in [5.74, 6) is -1.37. The van der Waals surface area contributed by atoms with Crippen molar-refractivity contribution in [1.29, 1.82) is 10.8 Å². The highest BCUT2D eigenvalue weighted by Crippen LogP contribution is 2.32. The fourth-order valence-corrected chi connectivity index (χ4v) is 3.51. The Balaban J connectivity index is 1.64. The number of hydrogen-bond donors (Lipinski definition) is 7. The van der Waals surface area contributed by atoms with Crippen molar-refractivity contribution in [1.82, 2.24) is 16.0 Å². The molecule has 0 bridgehead atoms. The third kappa shape index (κ3) is 4.91. The summed E-state index contributed by atoms with van der Waals surface area (Å²) in [7, 11) is 0. The molecule has 0 unspecified atom stereocenters. The van der Waals surface area contributed by atoms with Gasteiger partial charge in [-0.2, -0.15) is 0 Å². The average molecular weight is 435 g/mol. The number of amidine groups is 2. The number of carbonyl (C=O) groups is 3. The van der Waals surface area contributed by atoms with Crippen molar-refractivity contribution in [2.24, 2.45) is 11.5 Å². The van der Waals surface area contributed by atoms with E-state index in [4.69, 9.17) is 22.3 Å². The number of nitrogens with two attached hydrogens (primary N) is 2. The second-order valence-electron chi connectivity index (χ2n) is 7.52. The van der Waals surface area contributed by atoms with E-state index >= 15 is 0 Å². The van der Waals surface area contributed by atoms with Crippen LogP contribution in [-0.2, 0) is 26.5 Å². The van der Waals surface area contributed by atoms with Crippen molar-refractivity contribution in [2.45, 2.75) is 24.9 Å². The van der Waals surface area contributed by atoms with Gasteiger partial charge in [-0.15, -0.1) is 0 Å². The highest BCUT2D eigenvalue weighted by molar-refractivity contribution is 5.99. The molecule has 3 amide bonds. The van der Waals surface area contributed by atoms with Crippen LogP contribution in [0.5, 0.6) is 0 Å². The Morgan fingerprint density at radius 1 is 1.00 bits per heavy atom. The Kier molecular flexibility index (Phi) is 6.53. The van der Waals surface area contributed by atoms with E-state index in [0.717, 1.165) is 5.56 Å². The molecular formula is C22H25N7O3. The summed E-state index contributed by atoms with van der Waals surface area (Å²) >= 11 is 0. The third-order valence-electron chi connectivity index (χ3n) is 5.30. The molecule has 1 atom stereocenters. The molecule has 0 aromatic heterocycles. The van der Waals surface area contributed by atoms with Gasteiger partial charge in [0.2, 0.25) is 11.8 Å². The van der Waals surface area contributed by atoms with Gasteiger partial charge in [0.1, 0.15) is 17.2 Å². The van der Waals surface area contributed by atoms with Gasteiger partial charge in [0, 0.05) is 24.1 Å². The quantitative estimate of drug-likeness (QED) is 0.223. The number of carbonyl (C=O) groups excluding carboxylic acids is 3. The molecule has 10 heteroatoms. The van der Waals surface area contributed by atoms with Crippen LogP contribution in [0.15, 0.2) is 48.5 Å². The lowest BCUT2D eigenvalue weighted by molar-refractivity contribution is -0.132. The van der Waals surface area contributed by atoms with E-state index in [0.29, 0.717) is 16.7 Å². The Morgan fingerprint density at radius 3 is 2.28 bits per heavy atom. The second kappa shape index (κ2) is 9.29.